The lowest BCUT2D eigenvalue weighted by Gasteiger charge is -2.16. The molecule has 8 heteroatoms. The molecule has 33 heavy (non-hydrogen) atoms. The van der Waals surface area contributed by atoms with Crippen LogP contribution in [0.4, 0.5) is 11.4 Å². The normalized spacial score (nSPS) is 12.8. The van der Waals surface area contributed by atoms with Crippen molar-refractivity contribution in [1.82, 2.24) is 0 Å². The summed E-state index contributed by atoms with van der Waals surface area (Å²) < 4.78 is 23.8. The Bertz CT molecular complexity index is 1280. The van der Waals surface area contributed by atoms with E-state index in [0.717, 1.165) is 16.0 Å². The molecule has 0 radical (unpaired) electrons. The average Bonchev–Trinajstić information content (AvgIpc) is 3.40. The number of hydrogen-bond acceptors (Lipinski definition) is 6. The van der Waals surface area contributed by atoms with Crippen LogP contribution < -0.4 is 16.4 Å². The third-order valence-electron chi connectivity index (χ3n) is 5.04. The van der Waals surface area contributed by atoms with E-state index in [2.05, 4.69) is 5.32 Å². The minimum absolute atomic E-state index is 0.0811. The van der Waals surface area contributed by atoms with Crippen molar-refractivity contribution >= 4 is 41.5 Å². The molecule has 4 rings (SSSR count). The second kappa shape index (κ2) is 10.1. The van der Waals surface area contributed by atoms with Crippen LogP contribution in [0, 0.1) is 0 Å². The number of hydrogen-bond donors (Lipinski definition) is 2. The van der Waals surface area contributed by atoms with Gasteiger partial charge in [-0.05, 0) is 59.0 Å². The minimum Gasteiger partial charge on any atom is -0.397 e. The number of nitrogens with two attached hydrogens (primary N) is 1. The molecule has 0 spiro atoms. The monoisotopic (exact) mass is 478 g/mol. The average molecular weight is 479 g/mol. The van der Waals surface area contributed by atoms with Crippen molar-refractivity contribution in [1.29, 1.82) is 0 Å². The van der Waals surface area contributed by atoms with Gasteiger partial charge in [0.1, 0.15) is 0 Å². The number of amides is 1. The fourth-order valence-corrected chi connectivity index (χ4v) is 5.26. The molecule has 0 aliphatic rings. The minimum atomic E-state index is -3.42. The first-order valence-corrected chi connectivity index (χ1v) is 12.6. The molecule has 0 saturated carbocycles. The van der Waals surface area contributed by atoms with E-state index in [9.17, 15) is 9.36 Å². The maximum Gasteiger partial charge on any atom is 0.361 e. The Morgan fingerprint density at radius 1 is 1.00 bits per heavy atom. The van der Waals surface area contributed by atoms with Crippen molar-refractivity contribution in [2.24, 2.45) is 0 Å². The van der Waals surface area contributed by atoms with Gasteiger partial charge in [0.2, 0.25) is 0 Å². The van der Waals surface area contributed by atoms with Gasteiger partial charge >= 0.3 is 7.60 Å². The Labute approximate surface area is 196 Å². The smallest absolute Gasteiger partial charge is 0.361 e. The van der Waals surface area contributed by atoms with Gasteiger partial charge in [0.05, 0.1) is 23.3 Å². The number of rotatable bonds is 8. The molecule has 6 nitrogen and oxygen atoms in total. The zero-order valence-corrected chi connectivity index (χ0v) is 19.6. The predicted molar refractivity (Wildman–Crippen MR) is 134 cm³/mol. The molecule has 1 unspecified atom stereocenters. The van der Waals surface area contributed by atoms with Gasteiger partial charge in [-0.15, -0.1) is 11.3 Å². The van der Waals surface area contributed by atoms with Crippen LogP contribution in [-0.4, -0.2) is 13.0 Å². The number of carbonyl (C=O) groups excluding carboxylic acids is 1. The molecule has 0 saturated heterocycles. The summed E-state index contributed by atoms with van der Waals surface area (Å²) in [5.41, 5.74) is 9.34. The zero-order valence-electron chi connectivity index (χ0n) is 17.9. The van der Waals surface area contributed by atoms with E-state index in [1.54, 1.807) is 65.9 Å². The second-order valence-electron chi connectivity index (χ2n) is 7.22. The van der Waals surface area contributed by atoms with Crippen LogP contribution in [-0.2, 0) is 20.2 Å². The third kappa shape index (κ3) is 5.41. The van der Waals surface area contributed by atoms with Crippen LogP contribution in [0.15, 0.2) is 90.3 Å². The van der Waals surface area contributed by atoms with Crippen LogP contribution in [0.2, 0.25) is 0 Å². The largest absolute Gasteiger partial charge is 0.397 e. The molecule has 3 N–H and O–H groups in total. The lowest BCUT2D eigenvalue weighted by Crippen LogP contribution is -2.13. The summed E-state index contributed by atoms with van der Waals surface area (Å²) in [7, 11) is -2.06. The number of thiophene rings is 1. The quantitative estimate of drug-likeness (QED) is 0.242. The van der Waals surface area contributed by atoms with Crippen LogP contribution in [0.3, 0.4) is 0 Å². The topological polar surface area (TPSA) is 90.6 Å². The number of anilines is 2. The van der Waals surface area contributed by atoms with E-state index >= 15 is 0 Å². The van der Waals surface area contributed by atoms with Gasteiger partial charge in [0.15, 0.2) is 0 Å². The van der Waals surface area contributed by atoms with Gasteiger partial charge in [0.25, 0.3) is 5.91 Å². The van der Waals surface area contributed by atoms with Crippen molar-refractivity contribution in [3.63, 3.8) is 0 Å². The summed E-state index contributed by atoms with van der Waals surface area (Å²) in [5.74, 6) is -0.274. The van der Waals surface area contributed by atoms with Gasteiger partial charge < -0.3 is 20.1 Å². The van der Waals surface area contributed by atoms with E-state index in [1.807, 2.05) is 35.7 Å². The predicted octanol–water partition coefficient (Wildman–Crippen LogP) is 5.93. The van der Waals surface area contributed by atoms with E-state index in [0.29, 0.717) is 22.2 Å². The van der Waals surface area contributed by atoms with Crippen LogP contribution in [0.1, 0.15) is 15.9 Å². The van der Waals surface area contributed by atoms with Crippen molar-refractivity contribution in [2.45, 2.75) is 6.61 Å². The Hall–Kier alpha value is -3.22. The summed E-state index contributed by atoms with van der Waals surface area (Å²) in [5, 5.41) is 5.37. The highest BCUT2D eigenvalue weighted by Crippen LogP contribution is 2.46. The fraction of sp³-hybridized carbons (Fsp3) is 0.0800. The summed E-state index contributed by atoms with van der Waals surface area (Å²) in [6.45, 7) is 0.0811. The van der Waals surface area contributed by atoms with Gasteiger partial charge in [-0.1, -0.05) is 42.5 Å². The summed E-state index contributed by atoms with van der Waals surface area (Å²) in [6, 6.07) is 25.3. The van der Waals surface area contributed by atoms with Crippen molar-refractivity contribution < 1.29 is 18.4 Å². The number of carbonyl (C=O) groups is 1. The standard InChI is InChI=1S/C25H23N2O4PS/c1-30-32(29,21-6-3-2-4-7-21)31-17-18-9-11-19(12-10-18)25(28)27-23-16-20(13-14-22(23)26)24-8-5-15-33-24/h2-16H,17,26H2,1H3,(H,27,28). The molecule has 1 heterocycles. The van der Waals surface area contributed by atoms with E-state index in [-0.39, 0.29) is 12.5 Å². The van der Waals surface area contributed by atoms with Gasteiger partial charge in [0, 0.05) is 17.6 Å². The lowest BCUT2D eigenvalue weighted by molar-refractivity contribution is 0.102. The summed E-state index contributed by atoms with van der Waals surface area (Å²) in [4.78, 5) is 13.9. The van der Waals surface area contributed by atoms with Gasteiger partial charge in [-0.3, -0.25) is 9.36 Å². The number of nitrogen functional groups attached to an aromatic ring is 1. The molecular formula is C25H23N2O4PS. The first-order valence-electron chi connectivity index (χ1n) is 10.2. The summed E-state index contributed by atoms with van der Waals surface area (Å²) >= 11 is 1.62. The molecular weight excluding hydrogens is 455 g/mol. The third-order valence-corrected chi connectivity index (χ3v) is 7.84. The maximum absolute atomic E-state index is 13.0. The van der Waals surface area contributed by atoms with Crippen LogP contribution >= 0.6 is 18.9 Å². The second-order valence-corrected chi connectivity index (χ2v) is 10.3. The Kier molecular flexibility index (Phi) is 7.06. The molecule has 1 aromatic heterocycles. The Morgan fingerprint density at radius 2 is 1.76 bits per heavy atom. The SMILES string of the molecule is COP(=O)(OCc1ccc(C(=O)Nc2cc(-c3cccs3)ccc2N)cc1)c1ccccc1. The molecule has 1 atom stereocenters. The molecule has 4 aromatic rings. The van der Waals surface area contributed by atoms with E-state index < -0.39 is 7.60 Å². The molecule has 3 aromatic carbocycles. The van der Waals surface area contributed by atoms with Gasteiger partial charge in [-0.2, -0.15) is 0 Å². The molecule has 0 aliphatic heterocycles. The highest BCUT2D eigenvalue weighted by molar-refractivity contribution is 7.62. The van der Waals surface area contributed by atoms with Crippen molar-refractivity contribution in [3.05, 3.63) is 101 Å². The molecule has 0 fully saturated rings. The van der Waals surface area contributed by atoms with E-state index in [1.165, 1.54) is 7.11 Å². The highest BCUT2D eigenvalue weighted by Gasteiger charge is 2.25. The maximum atomic E-state index is 13.0. The first-order chi connectivity index (χ1) is 16.0. The molecule has 168 valence electrons. The molecule has 0 aliphatic carbocycles. The zero-order chi connectivity index (χ0) is 23.3. The van der Waals surface area contributed by atoms with Crippen LogP contribution in [0.25, 0.3) is 10.4 Å². The van der Waals surface area contributed by atoms with Crippen molar-refractivity contribution in [3.8, 4) is 10.4 Å². The van der Waals surface area contributed by atoms with E-state index in [4.69, 9.17) is 14.8 Å². The Balaban J connectivity index is 1.43. The lowest BCUT2D eigenvalue weighted by atomic mass is 10.1. The highest BCUT2D eigenvalue weighted by atomic mass is 32.1. The fourth-order valence-electron chi connectivity index (χ4n) is 3.21. The first kappa shape index (κ1) is 23.0. The number of benzene rings is 3. The Morgan fingerprint density at radius 3 is 2.42 bits per heavy atom. The number of nitrogens with one attached hydrogen (secondary N) is 1. The van der Waals surface area contributed by atoms with Gasteiger partial charge in [-0.25, -0.2) is 0 Å². The molecule has 0 bridgehead atoms. The van der Waals surface area contributed by atoms with Crippen molar-refractivity contribution in [2.75, 3.05) is 18.2 Å². The van der Waals surface area contributed by atoms with Crippen LogP contribution in [0.5, 0.6) is 0 Å². The summed E-state index contributed by atoms with van der Waals surface area (Å²) in [6.07, 6.45) is 0. The molecule has 1 amide bonds.